The number of nitrogens with zero attached hydrogens (tertiary/aromatic N) is 4. The van der Waals surface area contributed by atoms with Gasteiger partial charge in [0.1, 0.15) is 11.3 Å². The van der Waals surface area contributed by atoms with Crippen molar-refractivity contribution in [1.82, 2.24) is 24.4 Å². The summed E-state index contributed by atoms with van der Waals surface area (Å²) in [4.78, 5) is 26.7. The van der Waals surface area contributed by atoms with Crippen molar-refractivity contribution in [2.24, 2.45) is 5.92 Å². The molecule has 3 aromatic rings. The Hall–Kier alpha value is -2.33. The molecule has 2 N–H and O–H groups in total. The van der Waals surface area contributed by atoms with E-state index in [1.807, 2.05) is 27.7 Å². The van der Waals surface area contributed by atoms with Gasteiger partial charge in [0.05, 0.1) is 13.4 Å². The van der Waals surface area contributed by atoms with Gasteiger partial charge in [0.25, 0.3) is 0 Å². The number of aromatic nitrogens is 4. The van der Waals surface area contributed by atoms with Crippen LogP contribution in [0.25, 0.3) is 11.2 Å². The second-order valence-corrected chi connectivity index (χ2v) is 9.55. The number of fused-ring (bicyclic) bond motifs is 1. The van der Waals surface area contributed by atoms with Crippen molar-refractivity contribution in [3.63, 3.8) is 0 Å². The Bertz CT molecular complexity index is 1150. The number of hydrogen-bond acceptors (Lipinski definition) is 6. The molecule has 0 spiro atoms. The number of imidazole rings is 1. The van der Waals surface area contributed by atoms with Gasteiger partial charge >= 0.3 is 0 Å². The smallest absolute Gasteiger partial charge is 0.219 e. The molecular formula is C21H25BrN6O2S. The first kappa shape index (κ1) is 21.9. The van der Waals surface area contributed by atoms with Crippen LogP contribution in [0.5, 0.6) is 5.75 Å². The molecule has 0 atom stereocenters. The highest BCUT2D eigenvalue weighted by atomic mass is 79.9. The van der Waals surface area contributed by atoms with Gasteiger partial charge in [0.15, 0.2) is 16.3 Å². The zero-order chi connectivity index (χ0) is 22.0. The van der Waals surface area contributed by atoms with Crippen LogP contribution in [0.4, 0.5) is 0 Å². The fraction of sp³-hybridized carbons (Fsp3) is 0.429. The number of likely N-dealkylation sites (tertiary alicyclic amines) is 1. The molecule has 1 fully saturated rings. The Balaban J connectivity index is 1.51. The minimum Gasteiger partial charge on any atom is -0.497 e. The van der Waals surface area contributed by atoms with Gasteiger partial charge in [-0.25, -0.2) is 9.97 Å². The number of H-pyrrole nitrogens is 1. The van der Waals surface area contributed by atoms with Crippen LogP contribution in [0.1, 0.15) is 26.2 Å². The number of rotatable bonds is 6. The SMILES string of the molecule is COc1ccc(Br)c(Sc2nc3c([nH]2)c(=N)ncn3CCC2CCN(C(C)=O)CC2)c1. The number of nitrogens with one attached hydrogen (secondary N) is 2. The van der Waals surface area contributed by atoms with Gasteiger partial charge in [0.2, 0.25) is 5.91 Å². The number of benzene rings is 1. The van der Waals surface area contributed by atoms with E-state index >= 15 is 0 Å². The van der Waals surface area contributed by atoms with Gasteiger partial charge < -0.3 is 19.2 Å². The minimum atomic E-state index is 0.161. The minimum absolute atomic E-state index is 0.161. The van der Waals surface area contributed by atoms with Crippen molar-refractivity contribution in [2.45, 2.75) is 42.8 Å². The van der Waals surface area contributed by atoms with Crippen LogP contribution in [-0.4, -0.2) is 50.5 Å². The summed E-state index contributed by atoms with van der Waals surface area (Å²) >= 11 is 5.06. The predicted molar refractivity (Wildman–Crippen MR) is 122 cm³/mol. The van der Waals surface area contributed by atoms with Crippen molar-refractivity contribution in [2.75, 3.05) is 20.2 Å². The number of halogens is 1. The van der Waals surface area contributed by atoms with E-state index in [2.05, 4.69) is 25.9 Å². The summed E-state index contributed by atoms with van der Waals surface area (Å²) in [5.41, 5.74) is 1.56. The first-order chi connectivity index (χ1) is 14.9. The second-order valence-electron chi connectivity index (χ2n) is 7.66. The molecule has 0 unspecified atom stereocenters. The number of methoxy groups -OCH3 is 1. The number of hydrogen-bond donors (Lipinski definition) is 2. The molecule has 2 aromatic heterocycles. The Morgan fingerprint density at radius 2 is 2.16 bits per heavy atom. The predicted octanol–water partition coefficient (Wildman–Crippen LogP) is 3.81. The topological polar surface area (TPSA) is 99.9 Å². The summed E-state index contributed by atoms with van der Waals surface area (Å²) in [6.45, 7) is 4.09. The van der Waals surface area contributed by atoms with Crippen molar-refractivity contribution >= 4 is 44.8 Å². The molecule has 10 heteroatoms. The van der Waals surface area contributed by atoms with Gasteiger partial charge in [-0.2, -0.15) is 0 Å². The van der Waals surface area contributed by atoms with Gasteiger partial charge in [0, 0.05) is 35.9 Å². The number of amides is 1. The van der Waals surface area contributed by atoms with Crippen LogP contribution in [0.15, 0.2) is 39.1 Å². The van der Waals surface area contributed by atoms with Crippen molar-refractivity contribution in [3.8, 4) is 5.75 Å². The normalized spacial score (nSPS) is 14.9. The summed E-state index contributed by atoms with van der Waals surface area (Å²) < 4.78 is 8.29. The van der Waals surface area contributed by atoms with Crippen LogP contribution < -0.4 is 10.2 Å². The van der Waals surface area contributed by atoms with E-state index in [-0.39, 0.29) is 11.4 Å². The third-order valence-corrected chi connectivity index (χ3v) is 7.58. The molecule has 0 aliphatic carbocycles. The summed E-state index contributed by atoms with van der Waals surface area (Å²) in [5, 5.41) is 8.88. The Morgan fingerprint density at radius 3 is 2.87 bits per heavy atom. The van der Waals surface area contributed by atoms with Crippen LogP contribution in [0.3, 0.4) is 0 Å². The van der Waals surface area contributed by atoms with Crippen LogP contribution in [-0.2, 0) is 11.3 Å². The summed E-state index contributed by atoms with van der Waals surface area (Å²) in [6.07, 6.45) is 4.75. The maximum absolute atomic E-state index is 11.5. The maximum atomic E-state index is 11.5. The molecule has 4 rings (SSSR count). The van der Waals surface area contributed by atoms with Gasteiger partial charge in [-0.15, -0.1) is 0 Å². The molecule has 0 radical (unpaired) electrons. The first-order valence-corrected chi connectivity index (χ1v) is 11.8. The van der Waals surface area contributed by atoms with Crippen LogP contribution in [0.2, 0.25) is 0 Å². The number of carbonyl (C=O) groups excluding carboxylic acids is 1. The number of aromatic amines is 1. The van der Waals surface area contributed by atoms with E-state index in [1.165, 1.54) is 11.8 Å². The van der Waals surface area contributed by atoms with Gasteiger partial charge in [-0.05, 0) is 59.3 Å². The Morgan fingerprint density at radius 1 is 1.39 bits per heavy atom. The lowest BCUT2D eigenvalue weighted by atomic mass is 9.93. The standard InChI is InChI=1S/C21H25BrN6O2S/c1-13(29)27-8-5-14(6-9-27)7-10-28-12-24-19(23)18-20(28)26-21(25-18)31-17-11-15(30-2)3-4-16(17)22/h3-4,11-12,14,23H,5-10H2,1-2H3,(H,25,26). The quantitative estimate of drug-likeness (QED) is 0.531. The lowest BCUT2D eigenvalue weighted by Gasteiger charge is -2.31. The zero-order valence-corrected chi connectivity index (χ0v) is 19.9. The molecule has 164 valence electrons. The third kappa shape index (κ3) is 4.95. The number of carbonyl (C=O) groups is 1. The molecule has 8 nitrogen and oxygen atoms in total. The fourth-order valence-corrected chi connectivity index (χ4v) is 5.15. The average Bonchev–Trinajstić information content (AvgIpc) is 3.20. The molecule has 1 aromatic carbocycles. The summed E-state index contributed by atoms with van der Waals surface area (Å²) in [5.74, 6) is 1.51. The van der Waals surface area contributed by atoms with Crippen molar-refractivity contribution < 1.29 is 9.53 Å². The second kappa shape index (κ2) is 9.44. The molecule has 1 amide bonds. The highest BCUT2D eigenvalue weighted by Crippen LogP contribution is 2.35. The highest BCUT2D eigenvalue weighted by Gasteiger charge is 2.21. The molecule has 31 heavy (non-hydrogen) atoms. The van der Waals surface area contributed by atoms with E-state index < -0.39 is 0 Å². The third-order valence-electron chi connectivity index (χ3n) is 5.68. The van der Waals surface area contributed by atoms with E-state index in [0.29, 0.717) is 16.6 Å². The Kier molecular flexibility index (Phi) is 6.66. The van der Waals surface area contributed by atoms with Crippen molar-refractivity contribution in [3.05, 3.63) is 34.5 Å². The van der Waals surface area contributed by atoms with E-state index in [9.17, 15) is 4.79 Å². The van der Waals surface area contributed by atoms with E-state index in [4.69, 9.17) is 15.1 Å². The number of piperidine rings is 1. The molecule has 0 saturated carbocycles. The average molecular weight is 505 g/mol. The van der Waals surface area contributed by atoms with E-state index in [0.717, 1.165) is 59.7 Å². The fourth-order valence-electron chi connectivity index (χ4n) is 3.83. The first-order valence-electron chi connectivity index (χ1n) is 10.2. The molecule has 1 saturated heterocycles. The largest absolute Gasteiger partial charge is 0.497 e. The van der Waals surface area contributed by atoms with Gasteiger partial charge in [-0.3, -0.25) is 10.2 Å². The molecule has 3 heterocycles. The van der Waals surface area contributed by atoms with Gasteiger partial charge in [-0.1, -0.05) is 11.8 Å². The monoisotopic (exact) mass is 504 g/mol. The highest BCUT2D eigenvalue weighted by molar-refractivity contribution is 9.10. The van der Waals surface area contributed by atoms with Crippen molar-refractivity contribution in [1.29, 1.82) is 5.41 Å². The van der Waals surface area contributed by atoms with Crippen LogP contribution >= 0.6 is 27.7 Å². The molecule has 0 bridgehead atoms. The summed E-state index contributed by atoms with van der Waals surface area (Å²) in [7, 11) is 1.64. The molecule has 1 aliphatic heterocycles. The Labute approximate surface area is 193 Å². The molecular weight excluding hydrogens is 480 g/mol. The number of aryl methyl sites for hydroxylation is 1. The zero-order valence-electron chi connectivity index (χ0n) is 17.5. The number of ether oxygens (including phenoxy) is 1. The van der Waals surface area contributed by atoms with E-state index in [1.54, 1.807) is 20.4 Å². The lowest BCUT2D eigenvalue weighted by Crippen LogP contribution is -2.37. The lowest BCUT2D eigenvalue weighted by molar-refractivity contribution is -0.130. The van der Waals surface area contributed by atoms with Crippen LogP contribution in [0, 0.1) is 11.3 Å². The molecule has 1 aliphatic rings. The maximum Gasteiger partial charge on any atom is 0.219 e. The summed E-state index contributed by atoms with van der Waals surface area (Å²) in [6, 6.07) is 5.79.